The van der Waals surface area contributed by atoms with Crippen LogP contribution in [0.3, 0.4) is 0 Å². The molecule has 0 spiro atoms. The Bertz CT molecular complexity index is 790. The quantitative estimate of drug-likeness (QED) is 0.265. The first-order valence-corrected chi connectivity index (χ1v) is 8.97. The number of azo groups is 1. The molecule has 0 aliphatic carbocycles. The van der Waals surface area contributed by atoms with Gasteiger partial charge >= 0.3 is 0 Å². The topological polar surface area (TPSA) is 112 Å². The molecule has 0 aliphatic heterocycles. The average Bonchev–Trinajstić information content (AvgIpc) is 2.63. The summed E-state index contributed by atoms with van der Waals surface area (Å²) in [7, 11) is 0. The van der Waals surface area contributed by atoms with Gasteiger partial charge in [0.2, 0.25) is 0 Å². The summed E-state index contributed by atoms with van der Waals surface area (Å²) < 4.78 is 0.963. The van der Waals surface area contributed by atoms with Crippen LogP contribution in [0.15, 0.2) is 46.6 Å². The molecule has 0 heterocycles. The number of nitrogens with zero attached hydrogens (tertiary/aromatic N) is 4. The number of nitro groups is 1. The third kappa shape index (κ3) is 4.96. The van der Waals surface area contributed by atoms with Crippen molar-refractivity contribution in [1.82, 2.24) is 0 Å². The zero-order chi connectivity index (χ0) is 19.1. The Morgan fingerprint density at radius 3 is 2.23 bits per heavy atom. The van der Waals surface area contributed by atoms with Crippen molar-refractivity contribution in [3.05, 3.63) is 55.6 Å². The van der Waals surface area contributed by atoms with Crippen molar-refractivity contribution >= 4 is 45.3 Å². The summed E-state index contributed by atoms with van der Waals surface area (Å²) in [5.74, 6) is 0. The van der Waals surface area contributed by atoms with E-state index in [4.69, 9.17) is 0 Å². The number of anilines is 1. The van der Waals surface area contributed by atoms with Crippen LogP contribution >= 0.6 is 22.6 Å². The molecular formula is C17H19IN4O4. The van der Waals surface area contributed by atoms with Crippen molar-refractivity contribution in [3.63, 3.8) is 0 Å². The fraction of sp³-hybridized carbons (Fsp3) is 0.294. The summed E-state index contributed by atoms with van der Waals surface area (Å²) in [5, 5.41) is 37.4. The van der Waals surface area contributed by atoms with E-state index in [1.54, 1.807) is 12.1 Å². The maximum Gasteiger partial charge on any atom is 0.269 e. The number of hydrogen-bond acceptors (Lipinski definition) is 7. The van der Waals surface area contributed by atoms with Crippen LogP contribution in [0.2, 0.25) is 0 Å². The molecule has 2 rings (SSSR count). The Morgan fingerprint density at radius 1 is 1.08 bits per heavy atom. The second kappa shape index (κ2) is 9.55. The van der Waals surface area contributed by atoms with Gasteiger partial charge in [-0.25, -0.2) is 0 Å². The van der Waals surface area contributed by atoms with Gasteiger partial charge in [-0.1, -0.05) is 0 Å². The predicted molar refractivity (Wildman–Crippen MR) is 108 cm³/mol. The van der Waals surface area contributed by atoms with Gasteiger partial charge in [0, 0.05) is 28.8 Å². The third-order valence-electron chi connectivity index (χ3n) is 3.75. The fourth-order valence-electron chi connectivity index (χ4n) is 2.36. The Balaban J connectivity index is 2.25. The molecule has 0 unspecified atom stereocenters. The second-order valence-electron chi connectivity index (χ2n) is 5.45. The Labute approximate surface area is 164 Å². The van der Waals surface area contributed by atoms with Gasteiger partial charge in [-0.15, -0.1) is 0 Å². The molecule has 138 valence electrons. The molecule has 0 radical (unpaired) electrons. The lowest BCUT2D eigenvalue weighted by Crippen LogP contribution is -2.30. The normalized spacial score (nSPS) is 11.1. The number of aliphatic hydroxyl groups is 2. The molecule has 2 aromatic carbocycles. The lowest BCUT2D eigenvalue weighted by Gasteiger charge is -2.25. The maximum atomic E-state index is 10.7. The number of aliphatic hydroxyl groups excluding tert-OH is 2. The monoisotopic (exact) mass is 470 g/mol. The molecule has 26 heavy (non-hydrogen) atoms. The predicted octanol–water partition coefficient (Wildman–Crippen LogP) is 3.71. The lowest BCUT2D eigenvalue weighted by atomic mass is 10.1. The standard InChI is InChI=1S/C17H19IN4O4/c1-12-15(20-19-13-2-4-14(5-3-13)22(25)26)6-7-16(17(12)18)21(8-10-23)9-11-24/h2-7,23-24H,8-11H2,1H3. The van der Waals surface area contributed by atoms with Gasteiger partial charge in [0.25, 0.3) is 5.69 Å². The number of halogens is 1. The summed E-state index contributed by atoms with van der Waals surface area (Å²) >= 11 is 2.21. The zero-order valence-corrected chi connectivity index (χ0v) is 16.3. The van der Waals surface area contributed by atoms with Crippen molar-refractivity contribution in [2.24, 2.45) is 10.2 Å². The van der Waals surface area contributed by atoms with Crippen LogP contribution in [-0.2, 0) is 0 Å². The van der Waals surface area contributed by atoms with Crippen molar-refractivity contribution < 1.29 is 15.1 Å². The fourth-order valence-corrected chi connectivity index (χ4v) is 3.16. The molecule has 8 nitrogen and oxygen atoms in total. The molecule has 0 bridgehead atoms. The molecule has 0 saturated carbocycles. The third-order valence-corrected chi connectivity index (χ3v) is 5.11. The minimum atomic E-state index is -0.462. The summed E-state index contributed by atoms with van der Waals surface area (Å²) in [6, 6.07) is 9.56. The summed E-state index contributed by atoms with van der Waals surface area (Å²) in [5.41, 5.74) is 3.06. The van der Waals surface area contributed by atoms with E-state index in [0.29, 0.717) is 24.5 Å². The van der Waals surface area contributed by atoms with Crippen molar-refractivity contribution in [2.45, 2.75) is 6.92 Å². The molecule has 0 fully saturated rings. The van der Waals surface area contributed by atoms with E-state index in [2.05, 4.69) is 32.8 Å². The van der Waals surface area contributed by atoms with Crippen LogP contribution in [0.1, 0.15) is 5.56 Å². The van der Waals surface area contributed by atoms with E-state index < -0.39 is 4.92 Å². The van der Waals surface area contributed by atoms with Crippen LogP contribution in [-0.4, -0.2) is 41.4 Å². The van der Waals surface area contributed by atoms with Crippen LogP contribution in [0.4, 0.5) is 22.7 Å². The molecule has 9 heteroatoms. The van der Waals surface area contributed by atoms with Gasteiger partial charge in [0.15, 0.2) is 0 Å². The molecule has 2 N–H and O–H groups in total. The van der Waals surface area contributed by atoms with Crippen molar-refractivity contribution in [2.75, 3.05) is 31.2 Å². The highest BCUT2D eigenvalue weighted by Crippen LogP contribution is 2.33. The van der Waals surface area contributed by atoms with Gasteiger partial charge in [-0.05, 0) is 59.3 Å². The number of non-ortho nitro benzene ring substituents is 1. The molecule has 0 amide bonds. The van der Waals surface area contributed by atoms with E-state index in [-0.39, 0.29) is 18.9 Å². The van der Waals surface area contributed by atoms with Gasteiger partial charge in [0.05, 0.1) is 35.2 Å². The summed E-state index contributed by atoms with van der Waals surface area (Å²) in [6.45, 7) is 2.78. The minimum absolute atomic E-state index is 0.00324. The van der Waals surface area contributed by atoms with E-state index in [0.717, 1.165) is 14.8 Å². The number of benzene rings is 2. The van der Waals surface area contributed by atoms with E-state index in [9.17, 15) is 20.3 Å². The van der Waals surface area contributed by atoms with Gasteiger partial charge in [-0.3, -0.25) is 10.1 Å². The SMILES string of the molecule is Cc1c(N=Nc2ccc([N+](=O)[O-])cc2)ccc(N(CCO)CCO)c1I. The second-order valence-corrected chi connectivity index (χ2v) is 6.53. The summed E-state index contributed by atoms with van der Waals surface area (Å²) in [6.07, 6.45) is 0. The van der Waals surface area contributed by atoms with Crippen LogP contribution in [0.25, 0.3) is 0 Å². The Kier molecular flexibility index (Phi) is 7.42. The summed E-state index contributed by atoms with van der Waals surface area (Å²) in [4.78, 5) is 12.1. The lowest BCUT2D eigenvalue weighted by molar-refractivity contribution is -0.384. The van der Waals surface area contributed by atoms with Gasteiger partial charge in [-0.2, -0.15) is 10.2 Å². The molecule has 0 aromatic heterocycles. The minimum Gasteiger partial charge on any atom is -0.395 e. The molecule has 2 aromatic rings. The highest BCUT2D eigenvalue weighted by atomic mass is 127. The highest BCUT2D eigenvalue weighted by molar-refractivity contribution is 14.1. The Hall–Kier alpha value is -2.11. The van der Waals surface area contributed by atoms with Crippen molar-refractivity contribution in [3.8, 4) is 0 Å². The molecule has 0 saturated heterocycles. The van der Waals surface area contributed by atoms with Crippen LogP contribution in [0.5, 0.6) is 0 Å². The van der Waals surface area contributed by atoms with Crippen molar-refractivity contribution in [1.29, 1.82) is 0 Å². The zero-order valence-electron chi connectivity index (χ0n) is 14.2. The first kappa shape index (κ1) is 20.2. The van der Waals surface area contributed by atoms with E-state index in [1.807, 2.05) is 24.0 Å². The van der Waals surface area contributed by atoms with E-state index >= 15 is 0 Å². The maximum absolute atomic E-state index is 10.7. The number of nitro benzene ring substituents is 1. The van der Waals surface area contributed by atoms with E-state index in [1.165, 1.54) is 12.1 Å². The number of hydrogen-bond donors (Lipinski definition) is 2. The Morgan fingerprint density at radius 2 is 1.69 bits per heavy atom. The largest absolute Gasteiger partial charge is 0.395 e. The average molecular weight is 470 g/mol. The van der Waals surface area contributed by atoms with Gasteiger partial charge in [0.1, 0.15) is 0 Å². The highest BCUT2D eigenvalue weighted by Gasteiger charge is 2.13. The number of rotatable bonds is 8. The first-order chi connectivity index (χ1) is 12.5. The van der Waals surface area contributed by atoms with Crippen LogP contribution < -0.4 is 4.90 Å². The molecule has 0 aliphatic rings. The van der Waals surface area contributed by atoms with Gasteiger partial charge < -0.3 is 15.1 Å². The first-order valence-electron chi connectivity index (χ1n) is 7.90. The van der Waals surface area contributed by atoms with Crippen LogP contribution in [0, 0.1) is 20.6 Å². The smallest absolute Gasteiger partial charge is 0.269 e. The molecular weight excluding hydrogens is 451 g/mol. The molecule has 0 atom stereocenters.